The highest BCUT2D eigenvalue weighted by molar-refractivity contribution is 7.45. The molecule has 0 rings (SSSR count). The number of carbonyl (C=O) groups is 1. The number of aliphatic hydroxyl groups is 1. The summed E-state index contributed by atoms with van der Waals surface area (Å²) in [6.45, 7) is 4.60. The minimum absolute atomic E-state index is 0.00265. The van der Waals surface area contributed by atoms with E-state index in [1.54, 1.807) is 0 Å². The lowest BCUT2D eigenvalue weighted by Gasteiger charge is -2.30. The van der Waals surface area contributed by atoms with Crippen LogP contribution in [0.4, 0.5) is 0 Å². The topological polar surface area (TPSA) is 108 Å². The van der Waals surface area contributed by atoms with Gasteiger partial charge in [-0.15, -0.1) is 0 Å². The molecule has 0 aliphatic heterocycles. The number of phosphoric ester groups is 1. The van der Waals surface area contributed by atoms with Crippen molar-refractivity contribution in [3.05, 3.63) is 109 Å². The van der Waals surface area contributed by atoms with E-state index in [0.29, 0.717) is 23.9 Å². The standard InChI is InChI=1S/C67H119N2O6P/c1-6-8-10-12-14-16-18-20-22-24-26-28-29-30-31-32-33-34-35-36-37-38-39-41-43-45-47-49-51-53-55-57-59-61-67(71)68-65(64-75-76(72,73)74-63-62-69(3,4)5)66(70)60-58-56-54-52-50-48-46-44-42-40-27-25-23-21-19-17-15-13-11-9-7-2/h8,10,14,16,20,22,26,28,30-31,33-34,36-37,39,41,45,47,65-66,70H,6-7,9,11-13,15,17-19,21,23-25,27,29,32,35,38,40,42-44,46,48-64H2,1-5H3,(H-,68,71,72,73)/b10-8-,16-14-,22-20-,28-26-,31-30-,34-33-,37-36-,41-39-,47-45-. The van der Waals surface area contributed by atoms with Crippen molar-refractivity contribution in [2.75, 3.05) is 40.9 Å². The van der Waals surface area contributed by atoms with Gasteiger partial charge in [0.05, 0.1) is 39.9 Å². The first-order valence-electron chi connectivity index (χ1n) is 31.2. The number of quaternary nitrogens is 1. The minimum atomic E-state index is -4.59. The van der Waals surface area contributed by atoms with E-state index in [4.69, 9.17) is 9.05 Å². The van der Waals surface area contributed by atoms with Crippen LogP contribution in [0.3, 0.4) is 0 Å². The van der Waals surface area contributed by atoms with E-state index in [9.17, 15) is 19.4 Å². The Balaban J connectivity index is 4.22. The van der Waals surface area contributed by atoms with Gasteiger partial charge in [-0.1, -0.05) is 277 Å². The quantitative estimate of drug-likeness (QED) is 0.0272. The van der Waals surface area contributed by atoms with Gasteiger partial charge in [-0.05, 0) is 83.5 Å². The second-order valence-electron chi connectivity index (χ2n) is 22.0. The molecule has 438 valence electrons. The van der Waals surface area contributed by atoms with Crippen molar-refractivity contribution < 1.29 is 32.9 Å². The molecule has 3 atom stereocenters. The van der Waals surface area contributed by atoms with Crippen molar-refractivity contribution in [1.82, 2.24) is 5.32 Å². The average Bonchev–Trinajstić information content (AvgIpc) is 3.38. The number of likely N-dealkylation sites (N-methyl/N-ethyl adjacent to an activating group) is 1. The first-order chi connectivity index (χ1) is 37.0. The summed E-state index contributed by atoms with van der Waals surface area (Å²) in [5.41, 5.74) is 0. The molecule has 0 aliphatic rings. The summed E-state index contributed by atoms with van der Waals surface area (Å²) in [7, 11) is 1.28. The van der Waals surface area contributed by atoms with E-state index >= 15 is 0 Å². The summed E-state index contributed by atoms with van der Waals surface area (Å²) >= 11 is 0. The molecular formula is C67H119N2O6P. The van der Waals surface area contributed by atoms with Crippen LogP contribution in [0.15, 0.2) is 109 Å². The molecule has 0 fully saturated rings. The number of carbonyl (C=O) groups excluding carboxylic acids is 1. The van der Waals surface area contributed by atoms with E-state index < -0.39 is 20.0 Å². The molecule has 9 heteroatoms. The maximum atomic E-state index is 13.0. The second kappa shape index (κ2) is 56.9. The van der Waals surface area contributed by atoms with Gasteiger partial charge in [0.1, 0.15) is 13.2 Å². The number of nitrogens with one attached hydrogen (secondary N) is 1. The molecule has 2 N–H and O–H groups in total. The maximum absolute atomic E-state index is 13.0. The molecule has 0 spiro atoms. The Labute approximate surface area is 470 Å². The summed E-state index contributed by atoms with van der Waals surface area (Å²) in [4.78, 5) is 25.6. The lowest BCUT2D eigenvalue weighted by molar-refractivity contribution is -0.870. The van der Waals surface area contributed by atoms with E-state index in [1.807, 2.05) is 21.1 Å². The number of phosphoric acid groups is 1. The fourth-order valence-electron chi connectivity index (χ4n) is 8.68. The Morgan fingerprint density at radius 3 is 1.17 bits per heavy atom. The third-order valence-electron chi connectivity index (χ3n) is 13.5. The fraction of sp³-hybridized carbons (Fsp3) is 0.716. The van der Waals surface area contributed by atoms with Crippen molar-refractivity contribution >= 4 is 13.7 Å². The van der Waals surface area contributed by atoms with Crippen molar-refractivity contribution in [2.24, 2.45) is 0 Å². The van der Waals surface area contributed by atoms with Crippen molar-refractivity contribution in [3.63, 3.8) is 0 Å². The monoisotopic (exact) mass is 1080 g/mol. The van der Waals surface area contributed by atoms with Gasteiger partial charge >= 0.3 is 0 Å². The molecular weight excluding hydrogens is 960 g/mol. The molecule has 0 aromatic rings. The van der Waals surface area contributed by atoms with Crippen LogP contribution in [-0.4, -0.2) is 68.5 Å². The number of rotatable bonds is 56. The number of hydrogen-bond donors (Lipinski definition) is 2. The Morgan fingerprint density at radius 2 is 0.803 bits per heavy atom. The van der Waals surface area contributed by atoms with Gasteiger partial charge < -0.3 is 28.8 Å². The summed E-state index contributed by atoms with van der Waals surface area (Å²) in [6.07, 6.45) is 82.7. The summed E-state index contributed by atoms with van der Waals surface area (Å²) in [6, 6.07) is -0.820. The SMILES string of the molecule is CC/C=C\C/C=C\C/C=C\C/C=C\C/C=C\C/C=C\C/C=C\C/C=C\C/C=C\CCCCCCCC(=O)NC(COP(=O)([O-])OCC[N+](C)(C)C)C(O)CCCCCCCCCCCCCCCCCCCCCCC. The third kappa shape index (κ3) is 58.8. The Kier molecular flexibility index (Phi) is 54.7. The van der Waals surface area contributed by atoms with Crippen LogP contribution in [0.2, 0.25) is 0 Å². The molecule has 0 saturated heterocycles. The van der Waals surface area contributed by atoms with E-state index in [0.717, 1.165) is 116 Å². The van der Waals surface area contributed by atoms with E-state index in [-0.39, 0.29) is 19.1 Å². The maximum Gasteiger partial charge on any atom is 0.268 e. The first-order valence-corrected chi connectivity index (χ1v) is 32.7. The lowest BCUT2D eigenvalue weighted by atomic mass is 10.0. The highest BCUT2D eigenvalue weighted by atomic mass is 31.2. The van der Waals surface area contributed by atoms with Gasteiger partial charge in [0.25, 0.3) is 7.82 Å². The predicted octanol–water partition coefficient (Wildman–Crippen LogP) is 18.9. The highest BCUT2D eigenvalue weighted by Crippen LogP contribution is 2.38. The van der Waals surface area contributed by atoms with E-state index in [2.05, 4.69) is 129 Å². The van der Waals surface area contributed by atoms with Crippen LogP contribution < -0.4 is 10.2 Å². The Bertz CT molecular complexity index is 1600. The molecule has 0 aromatic carbocycles. The normalized spacial score (nSPS) is 14.6. The predicted molar refractivity (Wildman–Crippen MR) is 329 cm³/mol. The highest BCUT2D eigenvalue weighted by Gasteiger charge is 2.24. The smallest absolute Gasteiger partial charge is 0.268 e. The Hall–Kier alpha value is -2.84. The zero-order valence-corrected chi connectivity index (χ0v) is 50.8. The summed E-state index contributed by atoms with van der Waals surface area (Å²) in [5.74, 6) is -0.186. The summed E-state index contributed by atoms with van der Waals surface area (Å²) < 4.78 is 23.5. The molecule has 0 heterocycles. The zero-order chi connectivity index (χ0) is 55.6. The molecule has 0 aromatic heterocycles. The van der Waals surface area contributed by atoms with Gasteiger partial charge in [0.15, 0.2) is 0 Å². The number of aliphatic hydroxyl groups excluding tert-OH is 1. The first kappa shape index (κ1) is 73.2. The van der Waals surface area contributed by atoms with Crippen LogP contribution in [0.25, 0.3) is 0 Å². The lowest BCUT2D eigenvalue weighted by Crippen LogP contribution is -2.46. The molecule has 1 amide bonds. The average molecular weight is 1080 g/mol. The number of amides is 1. The zero-order valence-electron chi connectivity index (χ0n) is 49.9. The number of hydrogen-bond acceptors (Lipinski definition) is 6. The molecule has 3 unspecified atom stereocenters. The van der Waals surface area contributed by atoms with E-state index in [1.165, 1.54) is 116 Å². The number of allylic oxidation sites excluding steroid dienone is 18. The van der Waals surface area contributed by atoms with Crippen molar-refractivity contribution in [2.45, 2.75) is 270 Å². The van der Waals surface area contributed by atoms with Crippen molar-refractivity contribution in [3.8, 4) is 0 Å². The second-order valence-corrected chi connectivity index (χ2v) is 23.4. The molecule has 0 bridgehead atoms. The van der Waals surface area contributed by atoms with Gasteiger partial charge in [0, 0.05) is 6.42 Å². The third-order valence-corrected chi connectivity index (χ3v) is 14.5. The van der Waals surface area contributed by atoms with Crippen LogP contribution in [-0.2, 0) is 18.4 Å². The molecule has 76 heavy (non-hydrogen) atoms. The van der Waals surface area contributed by atoms with Gasteiger partial charge in [0.2, 0.25) is 5.91 Å². The van der Waals surface area contributed by atoms with Crippen LogP contribution in [0.5, 0.6) is 0 Å². The van der Waals surface area contributed by atoms with Gasteiger partial charge in [-0.3, -0.25) is 9.36 Å². The van der Waals surface area contributed by atoms with Crippen LogP contribution in [0.1, 0.15) is 258 Å². The molecule has 0 radical (unpaired) electrons. The largest absolute Gasteiger partial charge is 0.756 e. The number of unbranched alkanes of at least 4 members (excludes halogenated alkanes) is 25. The number of nitrogens with zero attached hydrogens (tertiary/aromatic N) is 1. The Morgan fingerprint density at radius 1 is 0.474 bits per heavy atom. The molecule has 0 aliphatic carbocycles. The van der Waals surface area contributed by atoms with Crippen LogP contribution in [0, 0.1) is 0 Å². The molecule has 8 nitrogen and oxygen atoms in total. The van der Waals surface area contributed by atoms with Crippen molar-refractivity contribution in [1.29, 1.82) is 0 Å². The minimum Gasteiger partial charge on any atom is -0.756 e. The fourth-order valence-corrected chi connectivity index (χ4v) is 9.40. The van der Waals surface area contributed by atoms with Gasteiger partial charge in [-0.25, -0.2) is 0 Å². The van der Waals surface area contributed by atoms with Gasteiger partial charge in [-0.2, -0.15) is 0 Å². The van der Waals surface area contributed by atoms with Crippen LogP contribution >= 0.6 is 7.82 Å². The summed E-state index contributed by atoms with van der Waals surface area (Å²) in [5, 5.41) is 14.0. The molecule has 0 saturated carbocycles.